The van der Waals surface area contributed by atoms with Crippen molar-refractivity contribution in [3.8, 4) is 17.2 Å². The zero-order chi connectivity index (χ0) is 19.7. The minimum absolute atomic E-state index is 0.530. The van der Waals surface area contributed by atoms with Crippen molar-refractivity contribution in [1.82, 2.24) is 0 Å². The Labute approximate surface area is 143 Å². The fraction of sp³-hybridized carbons (Fsp3) is 0.0769. The van der Waals surface area contributed by atoms with Gasteiger partial charge in [0.05, 0.1) is 15.5 Å². The summed E-state index contributed by atoms with van der Waals surface area (Å²) in [5, 5.41) is 29.3. The van der Waals surface area contributed by atoms with E-state index in [-0.39, 0.29) is 0 Å². The number of hydrogen-bond donors (Lipinski definition) is 3. The first-order valence-corrected chi connectivity index (χ1v) is 7.96. The number of phenolic OH excluding ortho intramolecular Hbond substituents is 2. The van der Waals surface area contributed by atoms with Crippen molar-refractivity contribution in [2.45, 2.75) is 11.3 Å². The van der Waals surface area contributed by atoms with E-state index in [0.29, 0.717) is 12.1 Å². The summed E-state index contributed by atoms with van der Waals surface area (Å²) in [4.78, 5) is 9.04. The highest BCUT2D eigenvalue weighted by Gasteiger charge is 2.33. The van der Waals surface area contributed by atoms with E-state index in [1.807, 2.05) is 0 Å². The van der Waals surface area contributed by atoms with Gasteiger partial charge in [0.25, 0.3) is 10.0 Å². The first kappa shape index (κ1) is 19.1. The fourth-order valence-corrected chi connectivity index (χ4v) is 2.91. The number of nitrogens with one attached hydrogen (secondary N) is 1. The minimum Gasteiger partial charge on any atom is -0.508 e. The van der Waals surface area contributed by atoms with Crippen LogP contribution in [0.5, 0.6) is 17.2 Å². The Balaban J connectivity index is 2.45. The van der Waals surface area contributed by atoms with E-state index >= 15 is 0 Å². The van der Waals surface area contributed by atoms with Crippen LogP contribution in [0.2, 0.25) is 0 Å². The van der Waals surface area contributed by atoms with Crippen molar-refractivity contribution in [1.29, 1.82) is 0 Å². The van der Waals surface area contributed by atoms with E-state index in [2.05, 4.69) is 4.74 Å². The van der Waals surface area contributed by atoms with Crippen molar-refractivity contribution in [2.75, 3.05) is 4.72 Å². The highest BCUT2D eigenvalue weighted by molar-refractivity contribution is 7.92. The van der Waals surface area contributed by atoms with E-state index in [0.717, 1.165) is 24.3 Å². The quantitative estimate of drug-likeness (QED) is 0.402. The molecular weight excluding hydrogens is 385 g/mol. The van der Waals surface area contributed by atoms with Gasteiger partial charge in [-0.15, -0.1) is 13.2 Å². The summed E-state index contributed by atoms with van der Waals surface area (Å²) in [5.41, 5.74) is -1.58. The third-order valence-corrected chi connectivity index (χ3v) is 4.25. The van der Waals surface area contributed by atoms with Gasteiger partial charge in [0, 0.05) is 12.1 Å². The number of alkyl halides is 3. The highest BCUT2D eigenvalue weighted by atomic mass is 32.2. The van der Waals surface area contributed by atoms with Crippen LogP contribution < -0.4 is 9.46 Å². The Morgan fingerprint density at radius 2 is 1.77 bits per heavy atom. The van der Waals surface area contributed by atoms with Crippen molar-refractivity contribution >= 4 is 21.4 Å². The van der Waals surface area contributed by atoms with Gasteiger partial charge in [-0.1, -0.05) is 0 Å². The number of sulfonamides is 1. The lowest BCUT2D eigenvalue weighted by Gasteiger charge is -2.15. The maximum Gasteiger partial charge on any atom is 0.573 e. The monoisotopic (exact) mass is 394 g/mol. The molecule has 0 bridgehead atoms. The normalized spacial score (nSPS) is 11.8. The Kier molecular flexibility index (Phi) is 4.84. The molecule has 3 N–H and O–H groups in total. The summed E-state index contributed by atoms with van der Waals surface area (Å²) in [6, 6.07) is 4.34. The van der Waals surface area contributed by atoms with Crippen LogP contribution >= 0.6 is 0 Å². The summed E-state index contributed by atoms with van der Waals surface area (Å²) in [6.45, 7) is 0. The molecule has 13 heteroatoms. The third-order valence-electron chi connectivity index (χ3n) is 2.89. The van der Waals surface area contributed by atoms with E-state index in [9.17, 15) is 41.9 Å². The predicted octanol–water partition coefficient (Wildman–Crippen LogP) is 2.71. The number of rotatable bonds is 5. The average molecular weight is 394 g/mol. The SMILES string of the molecule is O=[N+]([O-])c1cc(S(=O)(=O)Nc2ccc(O)cc2OC(F)(F)F)ccc1O. The molecule has 2 aromatic carbocycles. The number of ether oxygens (including phenoxy) is 1. The zero-order valence-corrected chi connectivity index (χ0v) is 13.2. The van der Waals surface area contributed by atoms with Gasteiger partial charge in [0.15, 0.2) is 11.5 Å². The Hall–Kier alpha value is -3.22. The zero-order valence-electron chi connectivity index (χ0n) is 12.4. The van der Waals surface area contributed by atoms with Gasteiger partial charge in [0.2, 0.25) is 0 Å². The first-order chi connectivity index (χ1) is 11.9. The molecule has 2 aromatic rings. The Morgan fingerprint density at radius 1 is 1.12 bits per heavy atom. The highest BCUT2D eigenvalue weighted by Crippen LogP contribution is 2.35. The molecule has 0 amide bonds. The third kappa shape index (κ3) is 4.44. The van der Waals surface area contributed by atoms with Gasteiger partial charge in [-0.3, -0.25) is 14.8 Å². The maximum atomic E-state index is 12.4. The maximum absolute atomic E-state index is 12.4. The molecule has 0 radical (unpaired) electrons. The summed E-state index contributed by atoms with van der Waals surface area (Å²) >= 11 is 0. The van der Waals surface area contributed by atoms with E-state index < -0.39 is 54.8 Å². The number of hydrogen-bond acceptors (Lipinski definition) is 7. The van der Waals surface area contributed by atoms with Crippen LogP contribution in [0.3, 0.4) is 0 Å². The molecule has 2 rings (SSSR count). The van der Waals surface area contributed by atoms with Crippen LogP contribution in [0, 0.1) is 10.1 Å². The average Bonchev–Trinajstić information content (AvgIpc) is 2.48. The van der Waals surface area contributed by atoms with Gasteiger partial charge in [-0.05, 0) is 24.3 Å². The summed E-state index contributed by atoms with van der Waals surface area (Å²) in [6.07, 6.45) is -5.16. The lowest BCUT2D eigenvalue weighted by molar-refractivity contribution is -0.386. The smallest absolute Gasteiger partial charge is 0.508 e. The van der Waals surface area contributed by atoms with E-state index in [4.69, 9.17) is 0 Å². The molecule has 0 saturated heterocycles. The van der Waals surface area contributed by atoms with E-state index in [1.165, 1.54) is 0 Å². The molecule has 0 unspecified atom stereocenters. The Morgan fingerprint density at radius 3 is 2.35 bits per heavy atom. The van der Waals surface area contributed by atoms with E-state index in [1.54, 1.807) is 4.72 Å². The van der Waals surface area contributed by atoms with Crippen molar-refractivity contribution in [2.24, 2.45) is 0 Å². The second-order valence-corrected chi connectivity index (χ2v) is 6.42. The molecule has 0 aliphatic rings. The lowest BCUT2D eigenvalue weighted by atomic mass is 10.3. The van der Waals surface area contributed by atoms with Gasteiger partial charge in [-0.2, -0.15) is 0 Å². The molecule has 0 heterocycles. The number of nitrogens with zero attached hydrogens (tertiary/aromatic N) is 1. The molecule has 140 valence electrons. The Bertz CT molecular complexity index is 961. The molecule has 0 aliphatic carbocycles. The van der Waals surface area contributed by atoms with Crippen LogP contribution in [0.25, 0.3) is 0 Å². The number of aromatic hydroxyl groups is 2. The molecule has 0 spiro atoms. The molecule has 0 aromatic heterocycles. The van der Waals surface area contributed by atoms with Crippen molar-refractivity contribution < 1.29 is 41.5 Å². The number of anilines is 1. The van der Waals surface area contributed by atoms with Crippen LogP contribution in [0.4, 0.5) is 24.5 Å². The van der Waals surface area contributed by atoms with Crippen LogP contribution in [-0.4, -0.2) is 29.9 Å². The minimum atomic E-state index is -5.16. The summed E-state index contributed by atoms with van der Waals surface area (Å²) in [7, 11) is -4.57. The van der Waals surface area contributed by atoms with Gasteiger partial charge in [0.1, 0.15) is 5.75 Å². The molecule has 26 heavy (non-hydrogen) atoms. The van der Waals surface area contributed by atoms with Crippen molar-refractivity contribution in [3.05, 3.63) is 46.5 Å². The lowest BCUT2D eigenvalue weighted by Crippen LogP contribution is -2.20. The summed E-state index contributed by atoms with van der Waals surface area (Å²) in [5.74, 6) is -2.44. The van der Waals surface area contributed by atoms with Gasteiger partial charge >= 0.3 is 12.0 Å². The molecule has 0 atom stereocenters. The molecule has 0 aliphatic heterocycles. The van der Waals surface area contributed by atoms with Crippen molar-refractivity contribution in [3.63, 3.8) is 0 Å². The first-order valence-electron chi connectivity index (χ1n) is 6.48. The standard InChI is InChI=1S/C13H9F3N2O7S/c14-13(15,16)25-12-5-7(19)1-3-9(12)17-26(23,24)8-2-4-11(20)10(6-8)18(21)22/h1-6,17,19-20H. The number of nitro groups is 1. The van der Waals surface area contributed by atoms with Crippen LogP contribution in [0.15, 0.2) is 41.3 Å². The molecular formula is C13H9F3N2O7S. The second kappa shape index (κ2) is 6.59. The summed E-state index contributed by atoms with van der Waals surface area (Å²) < 4.78 is 67.2. The second-order valence-electron chi connectivity index (χ2n) is 4.74. The van der Waals surface area contributed by atoms with Crippen LogP contribution in [-0.2, 0) is 10.0 Å². The predicted molar refractivity (Wildman–Crippen MR) is 80.4 cm³/mol. The number of halogens is 3. The molecule has 0 fully saturated rings. The fourth-order valence-electron chi connectivity index (χ4n) is 1.82. The molecule has 9 nitrogen and oxygen atoms in total. The topological polar surface area (TPSA) is 139 Å². The van der Waals surface area contributed by atoms with Crippen LogP contribution in [0.1, 0.15) is 0 Å². The number of phenols is 2. The number of nitro benzene ring substituents is 1. The number of benzene rings is 2. The van der Waals surface area contributed by atoms with Gasteiger partial charge in [-0.25, -0.2) is 8.42 Å². The largest absolute Gasteiger partial charge is 0.573 e. The van der Waals surface area contributed by atoms with Gasteiger partial charge < -0.3 is 14.9 Å². The molecule has 0 saturated carbocycles.